The van der Waals surface area contributed by atoms with E-state index in [0.717, 1.165) is 17.9 Å². The van der Waals surface area contributed by atoms with Gasteiger partial charge in [0.1, 0.15) is 11.8 Å². The zero-order valence-electron chi connectivity index (χ0n) is 12.2. The van der Waals surface area contributed by atoms with Gasteiger partial charge in [0.25, 0.3) is 0 Å². The third-order valence-corrected chi connectivity index (χ3v) is 4.78. The summed E-state index contributed by atoms with van der Waals surface area (Å²) in [7, 11) is 0. The van der Waals surface area contributed by atoms with Crippen LogP contribution in [0.15, 0.2) is 24.3 Å². The van der Waals surface area contributed by atoms with E-state index in [2.05, 4.69) is 33.0 Å². The molecule has 2 rings (SSSR count). The largest absolute Gasteiger partial charge is 0.478 e. The number of hydrogen-bond donors (Lipinski definition) is 1. The number of rotatable bonds is 5. The van der Waals surface area contributed by atoms with Crippen LogP contribution in [0.5, 0.6) is 5.75 Å². The minimum atomic E-state index is 0.0947. The molecule has 1 aromatic carbocycles. The second-order valence-electron chi connectivity index (χ2n) is 6.31. The molecule has 0 bridgehead atoms. The Bertz CT molecular complexity index is 486. The summed E-state index contributed by atoms with van der Waals surface area (Å²) >= 11 is 0. The highest BCUT2D eigenvalue weighted by Gasteiger charge is 2.64. The average molecular weight is 258 g/mol. The van der Waals surface area contributed by atoms with Crippen molar-refractivity contribution in [3.8, 4) is 11.8 Å². The van der Waals surface area contributed by atoms with E-state index >= 15 is 0 Å². The van der Waals surface area contributed by atoms with E-state index in [-0.39, 0.29) is 6.61 Å². The molecule has 1 fully saturated rings. The molecule has 19 heavy (non-hydrogen) atoms. The normalized spacial score (nSPS) is 19.7. The Morgan fingerprint density at radius 2 is 1.84 bits per heavy atom. The van der Waals surface area contributed by atoms with Gasteiger partial charge in [0.05, 0.1) is 0 Å². The Hall–Kier alpha value is -1.53. The van der Waals surface area contributed by atoms with Crippen molar-refractivity contribution < 1.29 is 4.74 Å². The van der Waals surface area contributed by atoms with Gasteiger partial charge in [-0.3, -0.25) is 0 Å². The molecule has 0 spiro atoms. The molecule has 1 aliphatic carbocycles. The van der Waals surface area contributed by atoms with Gasteiger partial charge < -0.3 is 10.1 Å². The van der Waals surface area contributed by atoms with Gasteiger partial charge in [-0.25, -0.2) is 0 Å². The molecule has 1 saturated carbocycles. The summed E-state index contributed by atoms with van der Waals surface area (Å²) in [6.07, 6.45) is 0. The van der Waals surface area contributed by atoms with Crippen molar-refractivity contribution in [1.29, 1.82) is 5.26 Å². The van der Waals surface area contributed by atoms with Crippen LogP contribution in [0.4, 0.5) is 0 Å². The molecule has 0 aliphatic heterocycles. The van der Waals surface area contributed by atoms with Gasteiger partial charge in [0.2, 0.25) is 0 Å². The molecule has 1 N–H and O–H groups in total. The second-order valence-corrected chi connectivity index (χ2v) is 6.31. The summed E-state index contributed by atoms with van der Waals surface area (Å²) in [6, 6.07) is 10.4. The molecule has 0 aromatic heterocycles. The standard InChI is InChI=1S/C16H22N2O/c1-15(2)14(16(15,3)4)18-11-12-7-5-6-8-13(12)19-10-9-17/h5-8,14,18H,10-11H2,1-4H3. The molecule has 0 amide bonds. The Labute approximate surface area is 115 Å². The second kappa shape index (κ2) is 4.86. The van der Waals surface area contributed by atoms with E-state index in [1.165, 1.54) is 0 Å². The van der Waals surface area contributed by atoms with Crippen LogP contribution < -0.4 is 10.1 Å². The SMILES string of the molecule is CC1(C)C(NCc2ccccc2OCC#N)C1(C)C. The first-order valence-corrected chi connectivity index (χ1v) is 6.72. The van der Waals surface area contributed by atoms with E-state index in [1.54, 1.807) is 0 Å². The number of ether oxygens (including phenoxy) is 1. The van der Waals surface area contributed by atoms with E-state index in [0.29, 0.717) is 16.9 Å². The van der Waals surface area contributed by atoms with E-state index in [4.69, 9.17) is 10.00 Å². The molecular weight excluding hydrogens is 236 g/mol. The zero-order chi connectivity index (χ0) is 14.1. The molecule has 0 unspecified atom stereocenters. The van der Waals surface area contributed by atoms with Crippen LogP contribution >= 0.6 is 0 Å². The first kappa shape index (κ1) is 13.9. The maximum absolute atomic E-state index is 8.59. The average Bonchev–Trinajstić information content (AvgIpc) is 2.76. The molecular formula is C16H22N2O. The lowest BCUT2D eigenvalue weighted by molar-refractivity contribution is 0.362. The van der Waals surface area contributed by atoms with Gasteiger partial charge in [0.15, 0.2) is 6.61 Å². The number of hydrogen-bond acceptors (Lipinski definition) is 3. The first-order valence-electron chi connectivity index (χ1n) is 6.72. The smallest absolute Gasteiger partial charge is 0.174 e. The lowest BCUT2D eigenvalue weighted by Crippen LogP contribution is -2.22. The van der Waals surface area contributed by atoms with Gasteiger partial charge in [-0.2, -0.15) is 5.26 Å². The molecule has 0 radical (unpaired) electrons. The fourth-order valence-corrected chi connectivity index (χ4v) is 2.82. The summed E-state index contributed by atoms with van der Waals surface area (Å²) in [5.74, 6) is 0.799. The van der Waals surface area contributed by atoms with Crippen molar-refractivity contribution in [2.75, 3.05) is 6.61 Å². The maximum Gasteiger partial charge on any atom is 0.174 e. The van der Waals surface area contributed by atoms with Crippen LogP contribution in [0.2, 0.25) is 0 Å². The molecule has 0 saturated heterocycles. The van der Waals surface area contributed by atoms with Crippen molar-refractivity contribution >= 4 is 0 Å². The Kier molecular flexibility index (Phi) is 3.56. The van der Waals surface area contributed by atoms with Crippen molar-refractivity contribution in [2.24, 2.45) is 10.8 Å². The van der Waals surface area contributed by atoms with Crippen LogP contribution in [-0.2, 0) is 6.54 Å². The lowest BCUT2D eigenvalue weighted by Gasteiger charge is -2.11. The molecule has 102 valence electrons. The van der Waals surface area contributed by atoms with Crippen molar-refractivity contribution in [2.45, 2.75) is 40.3 Å². The molecule has 0 atom stereocenters. The van der Waals surface area contributed by atoms with Crippen LogP contribution in [0, 0.1) is 22.2 Å². The topological polar surface area (TPSA) is 45.0 Å². The van der Waals surface area contributed by atoms with Crippen molar-refractivity contribution in [3.63, 3.8) is 0 Å². The fraction of sp³-hybridized carbons (Fsp3) is 0.562. The Morgan fingerprint density at radius 1 is 1.21 bits per heavy atom. The summed E-state index contributed by atoms with van der Waals surface area (Å²) in [5, 5.41) is 12.2. The predicted molar refractivity (Wildman–Crippen MR) is 75.7 cm³/mol. The number of nitrogens with zero attached hydrogens (tertiary/aromatic N) is 1. The monoisotopic (exact) mass is 258 g/mol. The van der Waals surface area contributed by atoms with Crippen LogP contribution in [0.3, 0.4) is 0 Å². The molecule has 1 aromatic rings. The van der Waals surface area contributed by atoms with E-state index < -0.39 is 0 Å². The molecule has 3 nitrogen and oxygen atoms in total. The van der Waals surface area contributed by atoms with Gasteiger partial charge in [-0.1, -0.05) is 45.9 Å². The van der Waals surface area contributed by atoms with Crippen molar-refractivity contribution in [3.05, 3.63) is 29.8 Å². The van der Waals surface area contributed by atoms with Gasteiger partial charge >= 0.3 is 0 Å². The molecule has 1 aliphatic rings. The van der Waals surface area contributed by atoms with Crippen molar-refractivity contribution in [1.82, 2.24) is 5.32 Å². The molecule has 0 heterocycles. The maximum atomic E-state index is 8.59. The Morgan fingerprint density at radius 3 is 2.42 bits per heavy atom. The minimum absolute atomic E-state index is 0.0947. The number of nitrogens with one attached hydrogen (secondary N) is 1. The van der Waals surface area contributed by atoms with Gasteiger partial charge in [-0.15, -0.1) is 0 Å². The van der Waals surface area contributed by atoms with Gasteiger partial charge in [-0.05, 0) is 16.9 Å². The summed E-state index contributed by atoms with van der Waals surface area (Å²) in [5.41, 5.74) is 1.77. The predicted octanol–water partition coefficient (Wildman–Crippen LogP) is 3.11. The summed E-state index contributed by atoms with van der Waals surface area (Å²) in [4.78, 5) is 0. The Balaban J connectivity index is 1.99. The quantitative estimate of drug-likeness (QED) is 0.882. The first-order chi connectivity index (χ1) is 8.91. The van der Waals surface area contributed by atoms with E-state index in [1.807, 2.05) is 30.3 Å². The van der Waals surface area contributed by atoms with Crippen LogP contribution in [-0.4, -0.2) is 12.6 Å². The number of para-hydroxylation sites is 1. The minimum Gasteiger partial charge on any atom is -0.478 e. The zero-order valence-corrected chi connectivity index (χ0v) is 12.2. The lowest BCUT2D eigenvalue weighted by atomic mass is 10.0. The third kappa shape index (κ3) is 2.46. The van der Waals surface area contributed by atoms with E-state index in [9.17, 15) is 0 Å². The fourth-order valence-electron chi connectivity index (χ4n) is 2.82. The number of nitriles is 1. The third-order valence-electron chi connectivity index (χ3n) is 4.78. The highest BCUT2D eigenvalue weighted by atomic mass is 16.5. The highest BCUT2D eigenvalue weighted by molar-refractivity contribution is 5.34. The number of benzene rings is 1. The molecule has 3 heteroatoms. The summed E-state index contributed by atoms with van der Waals surface area (Å²) < 4.78 is 5.44. The van der Waals surface area contributed by atoms with Crippen LogP contribution in [0.25, 0.3) is 0 Å². The summed E-state index contributed by atoms with van der Waals surface area (Å²) in [6.45, 7) is 10.0. The highest BCUT2D eigenvalue weighted by Crippen LogP contribution is 2.62. The van der Waals surface area contributed by atoms with Crippen LogP contribution in [0.1, 0.15) is 33.3 Å². The van der Waals surface area contributed by atoms with Gasteiger partial charge in [0, 0.05) is 18.2 Å².